The molecule has 10 heteroatoms. The van der Waals surface area contributed by atoms with Crippen molar-refractivity contribution in [2.45, 2.75) is 36.7 Å². The standard InChI is InChI=1S/C16H18F7NOS/c1-25-8-10-6-12(17)13(7-14(10)26-9-15(18,19)20)24-4-2-11(3-5-24)16(21,22)23/h6-7,11H,2-5,8-9H2,1H3. The Morgan fingerprint density at radius 3 is 2.23 bits per heavy atom. The summed E-state index contributed by atoms with van der Waals surface area (Å²) in [6, 6.07) is 2.36. The smallest absolute Gasteiger partial charge is 0.380 e. The maximum absolute atomic E-state index is 14.4. The minimum absolute atomic E-state index is 0.00585. The van der Waals surface area contributed by atoms with Gasteiger partial charge in [-0.05, 0) is 30.5 Å². The Kier molecular flexibility index (Phi) is 6.70. The predicted octanol–water partition coefficient (Wildman–Crippen LogP) is 5.41. The molecule has 0 aliphatic carbocycles. The molecule has 1 aromatic carbocycles. The first-order valence-electron chi connectivity index (χ1n) is 7.84. The molecule has 0 spiro atoms. The Hall–Kier alpha value is -1.16. The van der Waals surface area contributed by atoms with Crippen molar-refractivity contribution in [1.82, 2.24) is 0 Å². The molecule has 0 atom stereocenters. The highest BCUT2D eigenvalue weighted by Crippen LogP contribution is 2.38. The van der Waals surface area contributed by atoms with E-state index in [4.69, 9.17) is 4.74 Å². The van der Waals surface area contributed by atoms with Crippen molar-refractivity contribution in [2.75, 3.05) is 30.9 Å². The monoisotopic (exact) mass is 405 g/mol. The van der Waals surface area contributed by atoms with Crippen LogP contribution in [-0.2, 0) is 11.3 Å². The third-order valence-corrected chi connectivity index (χ3v) is 5.28. The number of alkyl halides is 6. The first-order valence-corrected chi connectivity index (χ1v) is 8.82. The van der Waals surface area contributed by atoms with Gasteiger partial charge in [-0.25, -0.2) is 4.39 Å². The minimum Gasteiger partial charge on any atom is -0.380 e. The summed E-state index contributed by atoms with van der Waals surface area (Å²) in [5.41, 5.74) is 0.295. The van der Waals surface area contributed by atoms with Crippen LogP contribution in [0.4, 0.5) is 36.4 Å². The maximum atomic E-state index is 14.4. The van der Waals surface area contributed by atoms with Crippen LogP contribution in [0.25, 0.3) is 0 Å². The fraction of sp³-hybridized carbons (Fsp3) is 0.625. The Labute approximate surface area is 150 Å². The van der Waals surface area contributed by atoms with Gasteiger partial charge in [-0.15, -0.1) is 11.8 Å². The van der Waals surface area contributed by atoms with Gasteiger partial charge in [0.15, 0.2) is 0 Å². The van der Waals surface area contributed by atoms with E-state index in [1.807, 2.05) is 0 Å². The normalized spacial score (nSPS) is 17.0. The number of piperidine rings is 1. The summed E-state index contributed by atoms with van der Waals surface area (Å²) in [6.07, 6.45) is -9.03. The molecule has 26 heavy (non-hydrogen) atoms. The quantitative estimate of drug-likeness (QED) is 0.481. The third-order valence-electron chi connectivity index (χ3n) is 4.12. The topological polar surface area (TPSA) is 12.5 Å². The second-order valence-electron chi connectivity index (χ2n) is 6.05. The number of ether oxygens (including phenoxy) is 1. The number of nitrogens with zero attached hydrogens (tertiary/aromatic N) is 1. The number of thioether (sulfide) groups is 1. The summed E-state index contributed by atoms with van der Waals surface area (Å²) in [5, 5.41) is 0. The van der Waals surface area contributed by atoms with E-state index in [1.165, 1.54) is 18.1 Å². The summed E-state index contributed by atoms with van der Waals surface area (Å²) in [7, 11) is 1.34. The fourth-order valence-electron chi connectivity index (χ4n) is 2.84. The van der Waals surface area contributed by atoms with Crippen LogP contribution in [0.5, 0.6) is 0 Å². The van der Waals surface area contributed by atoms with Crippen LogP contribution >= 0.6 is 11.8 Å². The number of benzene rings is 1. The zero-order chi connectivity index (χ0) is 19.5. The average molecular weight is 405 g/mol. The average Bonchev–Trinajstić information content (AvgIpc) is 2.53. The molecular formula is C16H18F7NOS. The molecule has 1 fully saturated rings. The highest BCUT2D eigenvalue weighted by atomic mass is 32.2. The first kappa shape index (κ1) is 21.1. The molecule has 1 saturated heterocycles. The lowest BCUT2D eigenvalue weighted by atomic mass is 9.96. The van der Waals surface area contributed by atoms with Gasteiger partial charge in [0, 0.05) is 25.1 Å². The number of hydrogen-bond donors (Lipinski definition) is 0. The Morgan fingerprint density at radius 2 is 1.73 bits per heavy atom. The molecule has 2 nitrogen and oxygen atoms in total. The number of rotatable bonds is 5. The Balaban J connectivity index is 2.20. The minimum atomic E-state index is -4.39. The van der Waals surface area contributed by atoms with Crippen molar-refractivity contribution >= 4 is 17.4 Å². The van der Waals surface area contributed by atoms with E-state index in [-0.39, 0.29) is 48.7 Å². The van der Waals surface area contributed by atoms with Crippen molar-refractivity contribution in [3.8, 4) is 0 Å². The highest BCUT2D eigenvalue weighted by Gasteiger charge is 2.41. The maximum Gasteiger partial charge on any atom is 0.398 e. The van der Waals surface area contributed by atoms with E-state index in [9.17, 15) is 30.7 Å². The van der Waals surface area contributed by atoms with Crippen LogP contribution in [0.3, 0.4) is 0 Å². The van der Waals surface area contributed by atoms with Crippen LogP contribution in [0.15, 0.2) is 17.0 Å². The van der Waals surface area contributed by atoms with E-state index in [0.717, 1.165) is 6.07 Å². The molecule has 1 aliphatic rings. The molecule has 0 bridgehead atoms. The molecule has 0 saturated carbocycles. The van der Waals surface area contributed by atoms with E-state index in [1.54, 1.807) is 0 Å². The molecule has 0 aromatic heterocycles. The second kappa shape index (κ2) is 8.24. The van der Waals surface area contributed by atoms with Gasteiger partial charge in [-0.2, -0.15) is 26.3 Å². The lowest BCUT2D eigenvalue weighted by molar-refractivity contribution is -0.179. The van der Waals surface area contributed by atoms with E-state index in [2.05, 4.69) is 0 Å². The first-order chi connectivity index (χ1) is 12.0. The zero-order valence-corrected chi connectivity index (χ0v) is 14.7. The SMILES string of the molecule is COCc1cc(F)c(N2CCC(C(F)(F)F)CC2)cc1SCC(F)(F)F. The molecule has 1 aliphatic heterocycles. The molecule has 0 radical (unpaired) electrons. The van der Waals surface area contributed by atoms with Gasteiger partial charge in [-0.1, -0.05) is 0 Å². The van der Waals surface area contributed by atoms with E-state index < -0.39 is 29.8 Å². The van der Waals surface area contributed by atoms with E-state index >= 15 is 0 Å². The number of methoxy groups -OCH3 is 1. The van der Waals surface area contributed by atoms with Gasteiger partial charge >= 0.3 is 12.4 Å². The van der Waals surface area contributed by atoms with Gasteiger partial charge in [0.1, 0.15) is 5.82 Å². The lowest BCUT2D eigenvalue weighted by Crippen LogP contribution is -2.39. The number of hydrogen-bond acceptors (Lipinski definition) is 3. The van der Waals surface area contributed by atoms with Crippen molar-refractivity contribution < 1.29 is 35.5 Å². The van der Waals surface area contributed by atoms with Gasteiger partial charge < -0.3 is 9.64 Å². The fourth-order valence-corrected chi connectivity index (χ4v) is 3.65. The third kappa shape index (κ3) is 5.67. The van der Waals surface area contributed by atoms with Crippen LogP contribution in [0, 0.1) is 11.7 Å². The zero-order valence-electron chi connectivity index (χ0n) is 13.9. The van der Waals surface area contributed by atoms with Crippen LogP contribution in [-0.4, -0.2) is 38.3 Å². The Morgan fingerprint density at radius 1 is 1.12 bits per heavy atom. The lowest BCUT2D eigenvalue weighted by Gasteiger charge is -2.35. The summed E-state index contributed by atoms with van der Waals surface area (Å²) in [6.45, 7) is -0.0737. The van der Waals surface area contributed by atoms with Gasteiger partial charge in [-0.3, -0.25) is 0 Å². The Bertz CT molecular complexity index is 610. The molecule has 148 valence electrons. The number of halogens is 7. The second-order valence-corrected chi connectivity index (χ2v) is 7.07. The summed E-state index contributed by atoms with van der Waals surface area (Å²) >= 11 is 0.507. The van der Waals surface area contributed by atoms with Crippen molar-refractivity contribution in [2.24, 2.45) is 5.92 Å². The number of anilines is 1. The molecule has 1 aromatic rings. The van der Waals surface area contributed by atoms with Crippen molar-refractivity contribution in [3.63, 3.8) is 0 Å². The van der Waals surface area contributed by atoms with Crippen LogP contribution in [0.2, 0.25) is 0 Å². The molecule has 2 rings (SSSR count). The molecule has 0 N–H and O–H groups in total. The van der Waals surface area contributed by atoms with Crippen LogP contribution < -0.4 is 4.90 Å². The van der Waals surface area contributed by atoms with Crippen molar-refractivity contribution in [3.05, 3.63) is 23.5 Å². The van der Waals surface area contributed by atoms with Gasteiger partial charge in [0.25, 0.3) is 0 Å². The van der Waals surface area contributed by atoms with Gasteiger partial charge in [0.2, 0.25) is 0 Å². The molecule has 0 unspecified atom stereocenters. The predicted molar refractivity (Wildman–Crippen MR) is 84.9 cm³/mol. The highest BCUT2D eigenvalue weighted by molar-refractivity contribution is 7.99. The largest absolute Gasteiger partial charge is 0.398 e. The molecule has 1 heterocycles. The summed E-state index contributed by atoms with van der Waals surface area (Å²) in [4.78, 5) is 1.66. The molecule has 0 amide bonds. The van der Waals surface area contributed by atoms with Crippen LogP contribution in [0.1, 0.15) is 18.4 Å². The van der Waals surface area contributed by atoms with Gasteiger partial charge in [0.05, 0.1) is 24.0 Å². The van der Waals surface area contributed by atoms with E-state index in [0.29, 0.717) is 11.8 Å². The molecular weight excluding hydrogens is 387 g/mol. The summed E-state index contributed by atoms with van der Waals surface area (Å²) < 4.78 is 95.0. The van der Waals surface area contributed by atoms with Crippen molar-refractivity contribution in [1.29, 1.82) is 0 Å². The summed E-state index contributed by atoms with van der Waals surface area (Å²) in [5.74, 6) is -3.27.